The highest BCUT2D eigenvalue weighted by Gasteiger charge is 2.23. The van der Waals surface area contributed by atoms with Crippen LogP contribution in [0.15, 0.2) is 76.3 Å². The lowest BCUT2D eigenvalue weighted by molar-refractivity contribution is 0.387. The van der Waals surface area contributed by atoms with Crippen molar-refractivity contribution in [3.8, 4) is 11.5 Å². The number of benzene rings is 2. The summed E-state index contributed by atoms with van der Waals surface area (Å²) in [6.07, 6.45) is 0. The van der Waals surface area contributed by atoms with E-state index >= 15 is 0 Å². The Morgan fingerprint density at radius 2 is 1.31 bits per heavy atom. The number of hydrogen-bond acceptors (Lipinski definition) is 11. The van der Waals surface area contributed by atoms with Crippen molar-refractivity contribution in [2.75, 3.05) is 20.0 Å². The van der Waals surface area contributed by atoms with Crippen molar-refractivity contribution in [1.29, 1.82) is 0 Å². The van der Waals surface area contributed by atoms with E-state index in [2.05, 4.69) is 46.7 Å². The van der Waals surface area contributed by atoms with Crippen LogP contribution in [-0.4, -0.2) is 41.4 Å². The maximum Gasteiger partial charge on any atom is 0.265 e. The molecule has 0 atom stereocenters. The number of aryl methyl sites for hydroxylation is 2. The van der Waals surface area contributed by atoms with Crippen LogP contribution in [0, 0.1) is 13.8 Å². The molecule has 11 nitrogen and oxygen atoms in total. The molecule has 4 rings (SSSR count). The van der Waals surface area contributed by atoms with E-state index in [9.17, 15) is 16.8 Å². The molecule has 0 aliphatic heterocycles. The van der Waals surface area contributed by atoms with Gasteiger partial charge in [-0.25, -0.2) is 16.8 Å². The Hall–Kier alpha value is -2.59. The minimum absolute atomic E-state index is 0.0361. The molecule has 0 fully saturated rings. The van der Waals surface area contributed by atoms with E-state index in [0.717, 1.165) is 5.69 Å². The molecule has 0 spiro atoms. The number of nitrogen functional groups attached to an aromatic ring is 1. The Balaban J connectivity index is 0.000000229. The molecule has 16 heteroatoms. The van der Waals surface area contributed by atoms with Gasteiger partial charge in [0.25, 0.3) is 9.05 Å². The van der Waals surface area contributed by atoms with E-state index in [-0.39, 0.29) is 21.3 Å². The van der Waals surface area contributed by atoms with Gasteiger partial charge in [0.15, 0.2) is 15.6 Å². The van der Waals surface area contributed by atoms with Gasteiger partial charge in [-0.3, -0.25) is 0 Å². The zero-order valence-electron chi connectivity index (χ0n) is 21.0. The second kappa shape index (κ2) is 14.2. The standard InChI is InChI=1S/C12H12BrNO4S.C7H6BrClO3S.C4H6N2O/c1-8-5-10(18-14-8)7-19(15,16)12-6-9(13)3-4-11(12)17-2;1-12-6-3-2-5(8)4-7(6)13(9,10)11;1-3-2-4(5)7-6-3/h3-6H,7H2,1-2H3;2-4H,1H3;2H,5H2,1H3. The zero-order chi connectivity index (χ0) is 29.4. The van der Waals surface area contributed by atoms with E-state index in [1.165, 1.54) is 32.4 Å². The van der Waals surface area contributed by atoms with Crippen molar-refractivity contribution in [3.63, 3.8) is 0 Å². The molecular weight excluding hydrogens is 706 g/mol. The summed E-state index contributed by atoms with van der Waals surface area (Å²) in [4.78, 5) is 0.0875. The van der Waals surface area contributed by atoms with Gasteiger partial charge in [-0.1, -0.05) is 42.2 Å². The number of sulfone groups is 1. The number of aromatic nitrogens is 2. The molecule has 0 radical (unpaired) electrons. The molecule has 39 heavy (non-hydrogen) atoms. The molecule has 0 aliphatic carbocycles. The number of methoxy groups -OCH3 is 2. The molecule has 0 aliphatic rings. The van der Waals surface area contributed by atoms with Gasteiger partial charge in [-0.05, 0) is 50.2 Å². The highest BCUT2D eigenvalue weighted by Crippen LogP contribution is 2.30. The highest BCUT2D eigenvalue weighted by atomic mass is 79.9. The zero-order valence-corrected chi connectivity index (χ0v) is 26.6. The third-order valence-electron chi connectivity index (χ3n) is 4.50. The van der Waals surface area contributed by atoms with Crippen LogP contribution in [0.4, 0.5) is 5.88 Å². The van der Waals surface area contributed by atoms with E-state index in [4.69, 9.17) is 30.4 Å². The predicted octanol–water partition coefficient (Wildman–Crippen LogP) is 5.68. The van der Waals surface area contributed by atoms with Crippen molar-refractivity contribution in [2.45, 2.75) is 29.4 Å². The molecule has 2 aromatic carbocycles. The Morgan fingerprint density at radius 3 is 1.69 bits per heavy atom. The smallest absolute Gasteiger partial charge is 0.265 e. The number of hydrogen-bond donors (Lipinski definition) is 1. The van der Waals surface area contributed by atoms with E-state index < -0.39 is 18.9 Å². The van der Waals surface area contributed by atoms with Gasteiger partial charge in [-0.15, -0.1) is 0 Å². The molecule has 2 heterocycles. The summed E-state index contributed by atoms with van der Waals surface area (Å²) in [7, 11) is 0.696. The first kappa shape index (κ1) is 32.6. The fraction of sp³-hybridized carbons (Fsp3) is 0.217. The molecular formula is C23H24Br2ClN3O8S2. The third-order valence-corrected chi connectivity index (χ3v) is 8.49. The molecule has 0 saturated heterocycles. The lowest BCUT2D eigenvalue weighted by atomic mass is 10.3. The molecule has 2 N–H and O–H groups in total. The van der Waals surface area contributed by atoms with Gasteiger partial charge in [0.05, 0.1) is 25.6 Å². The number of ether oxygens (including phenoxy) is 2. The number of nitrogens with two attached hydrogens (primary N) is 1. The summed E-state index contributed by atoms with van der Waals surface area (Å²) in [5.74, 6) is 0.968. The van der Waals surface area contributed by atoms with Crippen LogP contribution < -0.4 is 15.2 Å². The Kier molecular flexibility index (Phi) is 11.8. The van der Waals surface area contributed by atoms with Gasteiger partial charge in [0.1, 0.15) is 27.0 Å². The second-order valence-electron chi connectivity index (χ2n) is 7.59. The van der Waals surface area contributed by atoms with Crippen LogP contribution in [0.25, 0.3) is 0 Å². The average molecular weight is 730 g/mol. The predicted molar refractivity (Wildman–Crippen MR) is 152 cm³/mol. The third kappa shape index (κ3) is 10.1. The van der Waals surface area contributed by atoms with Crippen molar-refractivity contribution < 1.29 is 35.4 Å². The van der Waals surface area contributed by atoms with Crippen molar-refractivity contribution in [1.82, 2.24) is 10.3 Å². The van der Waals surface area contributed by atoms with Gasteiger partial charge in [0, 0.05) is 31.8 Å². The number of anilines is 1. The largest absolute Gasteiger partial charge is 0.495 e. The van der Waals surface area contributed by atoms with Gasteiger partial charge < -0.3 is 24.3 Å². The number of halogens is 3. The molecule has 0 unspecified atom stereocenters. The minimum Gasteiger partial charge on any atom is -0.495 e. The first-order valence-corrected chi connectivity index (χ1v) is 16.2. The Morgan fingerprint density at radius 1 is 0.821 bits per heavy atom. The number of rotatable bonds is 6. The van der Waals surface area contributed by atoms with Gasteiger partial charge >= 0.3 is 0 Å². The van der Waals surface area contributed by atoms with Crippen LogP contribution in [0.5, 0.6) is 11.5 Å². The summed E-state index contributed by atoms with van der Waals surface area (Å²) < 4.78 is 67.4. The van der Waals surface area contributed by atoms with Gasteiger partial charge in [0.2, 0.25) is 5.88 Å². The molecule has 0 amide bonds. The maximum absolute atomic E-state index is 12.4. The van der Waals surface area contributed by atoms with Crippen LogP contribution in [0.2, 0.25) is 0 Å². The fourth-order valence-corrected chi connectivity index (χ4v) is 6.34. The second-order valence-corrected chi connectivity index (χ2v) is 13.9. The summed E-state index contributed by atoms with van der Waals surface area (Å²) in [5.41, 5.74) is 6.61. The Labute approximate surface area is 247 Å². The lowest BCUT2D eigenvalue weighted by Gasteiger charge is -2.08. The SMILES string of the molecule is COc1ccc(Br)cc1S(=O)(=O)Cc1cc(C)no1.COc1ccc(Br)cc1S(=O)(=O)Cl.Cc1cc(N)on1. The average Bonchev–Trinajstić information content (AvgIpc) is 3.44. The summed E-state index contributed by atoms with van der Waals surface area (Å²) >= 11 is 6.39. The summed E-state index contributed by atoms with van der Waals surface area (Å²) in [5, 5.41) is 7.19. The lowest BCUT2D eigenvalue weighted by Crippen LogP contribution is -2.06. The molecule has 212 valence electrons. The maximum atomic E-state index is 12.4. The van der Waals surface area contributed by atoms with Crippen molar-refractivity contribution in [3.05, 3.63) is 74.6 Å². The van der Waals surface area contributed by atoms with Crippen molar-refractivity contribution in [2.24, 2.45) is 0 Å². The Bertz CT molecular complexity index is 1610. The topological polar surface area (TPSA) is 165 Å². The normalized spacial score (nSPS) is 11.1. The van der Waals surface area contributed by atoms with Crippen LogP contribution >= 0.6 is 42.5 Å². The molecule has 0 saturated carbocycles. The first-order valence-electron chi connectivity index (χ1n) is 10.6. The van der Waals surface area contributed by atoms with Gasteiger partial charge in [-0.2, -0.15) is 0 Å². The molecule has 2 aromatic heterocycles. The summed E-state index contributed by atoms with van der Waals surface area (Å²) in [6.45, 7) is 3.55. The highest BCUT2D eigenvalue weighted by molar-refractivity contribution is 9.10. The van der Waals surface area contributed by atoms with E-state index in [1.807, 2.05) is 6.92 Å². The fourth-order valence-electron chi connectivity index (χ4n) is 2.87. The van der Waals surface area contributed by atoms with E-state index in [0.29, 0.717) is 32.0 Å². The van der Waals surface area contributed by atoms with Crippen LogP contribution in [-0.2, 0) is 24.6 Å². The molecule has 0 bridgehead atoms. The minimum atomic E-state index is -3.75. The van der Waals surface area contributed by atoms with Crippen LogP contribution in [0.1, 0.15) is 17.1 Å². The van der Waals surface area contributed by atoms with Crippen LogP contribution in [0.3, 0.4) is 0 Å². The van der Waals surface area contributed by atoms with Crippen molar-refractivity contribution >= 4 is 67.3 Å². The summed E-state index contributed by atoms with van der Waals surface area (Å²) in [6, 6.07) is 12.7. The first-order chi connectivity index (χ1) is 18.2. The monoisotopic (exact) mass is 727 g/mol. The van der Waals surface area contributed by atoms with E-state index in [1.54, 1.807) is 37.3 Å². The molecule has 4 aromatic rings. The number of nitrogens with zero attached hydrogens (tertiary/aromatic N) is 2. The quantitative estimate of drug-likeness (QED) is 0.243.